The average molecular weight is 241 g/mol. The van der Waals surface area contributed by atoms with Gasteiger partial charge >= 0.3 is 5.97 Å². The van der Waals surface area contributed by atoms with Gasteiger partial charge in [0.25, 0.3) is 0 Å². The molecular weight excluding hydrogens is 228 g/mol. The smallest absolute Gasteiger partial charge is 0.338 e. The average Bonchev–Trinajstić information content (AvgIpc) is 2.21. The van der Waals surface area contributed by atoms with E-state index in [1.54, 1.807) is 6.07 Å². The lowest BCUT2D eigenvalue weighted by molar-refractivity contribution is 0.0600. The second kappa shape index (κ2) is 4.70. The van der Waals surface area contributed by atoms with Gasteiger partial charge in [0, 0.05) is 6.04 Å². The highest BCUT2D eigenvalue weighted by molar-refractivity contribution is 6.29. The van der Waals surface area contributed by atoms with Gasteiger partial charge < -0.3 is 10.1 Å². The number of halogens is 1. The lowest BCUT2D eigenvalue weighted by Crippen LogP contribution is -2.27. The number of aromatic nitrogens is 1. The second-order valence-corrected chi connectivity index (χ2v) is 4.21. The molecular formula is C11H13ClN2O2. The number of hydrogen-bond donors (Lipinski definition) is 1. The topological polar surface area (TPSA) is 51.2 Å². The van der Waals surface area contributed by atoms with Gasteiger partial charge in [0.05, 0.1) is 12.7 Å². The minimum atomic E-state index is -0.402. The van der Waals surface area contributed by atoms with Crippen LogP contribution in [0, 0.1) is 0 Å². The number of carbonyl (C=O) groups is 1. The summed E-state index contributed by atoms with van der Waals surface area (Å²) in [6.45, 7) is 0. The summed E-state index contributed by atoms with van der Waals surface area (Å²) >= 11 is 5.84. The van der Waals surface area contributed by atoms with Crippen molar-refractivity contribution in [1.82, 2.24) is 4.98 Å². The Balaban J connectivity index is 2.17. The van der Waals surface area contributed by atoms with Gasteiger partial charge in [-0.3, -0.25) is 0 Å². The van der Waals surface area contributed by atoms with Crippen LogP contribution in [0.1, 0.15) is 29.6 Å². The molecule has 0 radical (unpaired) electrons. The van der Waals surface area contributed by atoms with Crippen LogP contribution in [0.3, 0.4) is 0 Å². The first-order valence-corrected chi connectivity index (χ1v) is 5.59. The van der Waals surface area contributed by atoms with Gasteiger partial charge in [-0.25, -0.2) is 9.78 Å². The van der Waals surface area contributed by atoms with Gasteiger partial charge in [-0.2, -0.15) is 0 Å². The molecule has 4 nitrogen and oxygen atoms in total. The van der Waals surface area contributed by atoms with Crippen LogP contribution in [-0.2, 0) is 4.74 Å². The summed E-state index contributed by atoms with van der Waals surface area (Å²) in [5.41, 5.74) is 0.421. The maximum Gasteiger partial charge on any atom is 0.338 e. The lowest BCUT2D eigenvalue weighted by Gasteiger charge is -2.27. The predicted molar refractivity (Wildman–Crippen MR) is 61.8 cm³/mol. The molecule has 0 unspecified atom stereocenters. The fourth-order valence-electron chi connectivity index (χ4n) is 1.57. The molecule has 86 valence electrons. The molecule has 0 bridgehead atoms. The molecule has 0 aliphatic heterocycles. The molecule has 5 heteroatoms. The molecule has 1 aromatic rings. The van der Waals surface area contributed by atoms with E-state index in [1.165, 1.54) is 19.6 Å². The van der Waals surface area contributed by atoms with E-state index in [1.807, 2.05) is 0 Å². The van der Waals surface area contributed by atoms with Crippen LogP contribution in [0.4, 0.5) is 5.82 Å². The van der Waals surface area contributed by atoms with E-state index in [2.05, 4.69) is 15.0 Å². The molecule has 0 spiro atoms. The third-order valence-corrected chi connectivity index (χ3v) is 2.87. The maximum atomic E-state index is 11.4. The first kappa shape index (κ1) is 11.2. The molecule has 0 aromatic carbocycles. The summed E-state index contributed by atoms with van der Waals surface area (Å²) in [7, 11) is 1.34. The molecule has 0 saturated heterocycles. The minimum Gasteiger partial charge on any atom is -0.465 e. The Hall–Kier alpha value is -1.29. The molecule has 1 aliphatic rings. The summed E-state index contributed by atoms with van der Waals surface area (Å²) < 4.78 is 4.64. The highest BCUT2D eigenvalue weighted by Gasteiger charge is 2.18. The third kappa shape index (κ3) is 2.44. The number of anilines is 1. The van der Waals surface area contributed by atoms with Crippen molar-refractivity contribution in [3.8, 4) is 0 Å². The van der Waals surface area contributed by atoms with Gasteiger partial charge in [-0.1, -0.05) is 11.6 Å². The zero-order valence-corrected chi connectivity index (χ0v) is 9.75. The van der Waals surface area contributed by atoms with Gasteiger partial charge in [0.2, 0.25) is 0 Å². The largest absolute Gasteiger partial charge is 0.465 e. The summed E-state index contributed by atoms with van der Waals surface area (Å²) in [6.07, 6.45) is 3.52. The van der Waals surface area contributed by atoms with E-state index in [0.29, 0.717) is 22.6 Å². The highest BCUT2D eigenvalue weighted by Crippen LogP contribution is 2.24. The molecule has 1 N–H and O–H groups in total. The number of pyridine rings is 1. The monoisotopic (exact) mass is 240 g/mol. The molecule has 0 amide bonds. The van der Waals surface area contributed by atoms with E-state index in [0.717, 1.165) is 12.8 Å². The minimum absolute atomic E-state index is 0.296. The normalized spacial score (nSPS) is 15.4. The Bertz CT molecular complexity index is 405. The lowest BCUT2D eigenvalue weighted by atomic mass is 9.93. The maximum absolute atomic E-state index is 11.4. The predicted octanol–water partition coefficient (Wildman–Crippen LogP) is 2.49. The molecule has 2 rings (SSSR count). The van der Waals surface area contributed by atoms with E-state index in [4.69, 9.17) is 11.6 Å². The molecule has 1 saturated carbocycles. The van der Waals surface area contributed by atoms with Crippen LogP contribution in [0.2, 0.25) is 5.15 Å². The fraction of sp³-hybridized carbons (Fsp3) is 0.455. The molecule has 1 heterocycles. The number of nitrogens with one attached hydrogen (secondary N) is 1. The van der Waals surface area contributed by atoms with E-state index >= 15 is 0 Å². The fourth-order valence-corrected chi connectivity index (χ4v) is 1.78. The summed E-state index contributed by atoms with van der Waals surface area (Å²) in [5, 5.41) is 3.53. The van der Waals surface area contributed by atoms with Crippen molar-refractivity contribution in [2.75, 3.05) is 12.4 Å². The Morgan fingerprint density at radius 1 is 1.56 bits per heavy atom. The zero-order chi connectivity index (χ0) is 11.5. The van der Waals surface area contributed by atoms with Crippen LogP contribution >= 0.6 is 11.6 Å². The standard InChI is InChI=1S/C11H13ClN2O2/c1-16-11(15)7-5-9(12)14-10(6-7)13-8-3-2-4-8/h5-6,8H,2-4H2,1H3,(H,13,14). The Kier molecular flexibility index (Phi) is 3.29. The molecule has 16 heavy (non-hydrogen) atoms. The van der Waals surface area contributed by atoms with E-state index in [-0.39, 0.29) is 0 Å². The van der Waals surface area contributed by atoms with Crippen molar-refractivity contribution in [2.45, 2.75) is 25.3 Å². The van der Waals surface area contributed by atoms with Crippen molar-refractivity contribution in [3.05, 3.63) is 22.8 Å². The number of methoxy groups -OCH3 is 1. The van der Waals surface area contributed by atoms with Crippen LogP contribution in [0.5, 0.6) is 0 Å². The van der Waals surface area contributed by atoms with Gasteiger partial charge in [-0.15, -0.1) is 0 Å². The Labute approximate surface area is 99.0 Å². The van der Waals surface area contributed by atoms with E-state index in [9.17, 15) is 4.79 Å². The van der Waals surface area contributed by atoms with Crippen LogP contribution in [-0.4, -0.2) is 24.1 Å². The number of carbonyl (C=O) groups excluding carboxylic acids is 1. The van der Waals surface area contributed by atoms with Crippen LogP contribution in [0.25, 0.3) is 0 Å². The SMILES string of the molecule is COC(=O)c1cc(Cl)nc(NC2CCC2)c1. The van der Waals surface area contributed by atoms with Gasteiger partial charge in [0.1, 0.15) is 11.0 Å². The number of ether oxygens (including phenoxy) is 1. The number of esters is 1. The summed E-state index contributed by atoms with van der Waals surface area (Å²) in [4.78, 5) is 15.5. The molecule has 1 aliphatic carbocycles. The number of hydrogen-bond acceptors (Lipinski definition) is 4. The van der Waals surface area contributed by atoms with E-state index < -0.39 is 5.97 Å². The molecule has 1 aromatic heterocycles. The summed E-state index contributed by atoms with van der Waals surface area (Å²) in [5.74, 6) is 0.235. The van der Waals surface area contributed by atoms with Crippen molar-refractivity contribution >= 4 is 23.4 Å². The van der Waals surface area contributed by atoms with Crippen molar-refractivity contribution in [2.24, 2.45) is 0 Å². The van der Waals surface area contributed by atoms with Crippen LogP contribution in [0.15, 0.2) is 12.1 Å². The third-order valence-electron chi connectivity index (χ3n) is 2.67. The molecule has 0 atom stereocenters. The quantitative estimate of drug-likeness (QED) is 0.652. The Morgan fingerprint density at radius 3 is 2.88 bits per heavy atom. The Morgan fingerprint density at radius 2 is 2.31 bits per heavy atom. The number of nitrogens with zero attached hydrogens (tertiary/aromatic N) is 1. The second-order valence-electron chi connectivity index (χ2n) is 3.83. The van der Waals surface area contributed by atoms with Crippen molar-refractivity contribution in [3.63, 3.8) is 0 Å². The van der Waals surface area contributed by atoms with Gasteiger partial charge in [-0.05, 0) is 31.4 Å². The first-order chi connectivity index (χ1) is 7.69. The van der Waals surface area contributed by atoms with Gasteiger partial charge in [0.15, 0.2) is 0 Å². The molecule has 1 fully saturated rings. The van der Waals surface area contributed by atoms with Crippen LogP contribution < -0.4 is 5.32 Å². The zero-order valence-electron chi connectivity index (χ0n) is 9.00. The van der Waals surface area contributed by atoms with Crippen molar-refractivity contribution < 1.29 is 9.53 Å². The number of rotatable bonds is 3. The van der Waals surface area contributed by atoms with Crippen molar-refractivity contribution in [1.29, 1.82) is 0 Å². The first-order valence-electron chi connectivity index (χ1n) is 5.21. The summed E-state index contributed by atoms with van der Waals surface area (Å²) in [6, 6.07) is 3.62. The highest BCUT2D eigenvalue weighted by atomic mass is 35.5.